The molecule has 2 rings (SSSR count). The Labute approximate surface area is 99.5 Å². The zero-order chi connectivity index (χ0) is 13.3. The summed E-state index contributed by atoms with van der Waals surface area (Å²) in [6.45, 7) is 1.58. The number of H-pyrrole nitrogens is 3. The fourth-order valence-electron chi connectivity index (χ4n) is 1.16. The Morgan fingerprint density at radius 2 is 2.06 bits per heavy atom. The Hall–Kier alpha value is -2.43. The van der Waals surface area contributed by atoms with Crippen LogP contribution >= 0.6 is 0 Å². The number of anilines is 1. The fourth-order valence-corrected chi connectivity index (χ4v) is 2.11. The van der Waals surface area contributed by atoms with Crippen molar-refractivity contribution in [3.8, 4) is 0 Å². The number of aromatic nitrogens is 5. The predicted octanol–water partition coefficient (Wildman–Crippen LogP) is -1.71. The van der Waals surface area contributed by atoms with E-state index >= 15 is 0 Å². The first kappa shape index (κ1) is 12.0. The van der Waals surface area contributed by atoms with Crippen LogP contribution in [0.25, 0.3) is 0 Å². The molecule has 0 saturated carbocycles. The second-order valence-corrected chi connectivity index (χ2v) is 4.94. The van der Waals surface area contributed by atoms with Gasteiger partial charge in [-0.15, -0.1) is 5.10 Å². The zero-order valence-electron chi connectivity index (χ0n) is 9.01. The zero-order valence-corrected chi connectivity index (χ0v) is 9.83. The van der Waals surface area contributed by atoms with Crippen LogP contribution < -0.4 is 16.0 Å². The third-order valence-electron chi connectivity index (χ3n) is 1.90. The lowest BCUT2D eigenvalue weighted by Crippen LogP contribution is -2.29. The molecular formula is C7H8N6O4S. The Kier molecular flexibility index (Phi) is 2.74. The van der Waals surface area contributed by atoms with E-state index in [4.69, 9.17) is 0 Å². The first-order chi connectivity index (χ1) is 8.38. The van der Waals surface area contributed by atoms with E-state index in [9.17, 15) is 18.0 Å². The molecule has 0 aromatic carbocycles. The summed E-state index contributed by atoms with van der Waals surface area (Å²) in [4.78, 5) is 29.1. The normalized spacial score (nSPS) is 11.4. The largest absolute Gasteiger partial charge is 0.325 e. The average Bonchev–Trinajstić information content (AvgIpc) is 2.62. The van der Waals surface area contributed by atoms with Crippen molar-refractivity contribution in [2.45, 2.75) is 11.8 Å². The molecule has 0 spiro atoms. The molecule has 10 nitrogen and oxygen atoms in total. The van der Waals surface area contributed by atoms with Crippen LogP contribution in [0.1, 0.15) is 5.82 Å². The Balaban J connectivity index is 2.43. The second kappa shape index (κ2) is 4.10. The molecule has 0 aliphatic rings. The van der Waals surface area contributed by atoms with Gasteiger partial charge in [-0.3, -0.25) is 14.9 Å². The molecule has 0 fully saturated rings. The summed E-state index contributed by atoms with van der Waals surface area (Å²) in [5, 5.41) is 6.00. The van der Waals surface area contributed by atoms with Gasteiger partial charge in [0.05, 0.1) is 0 Å². The monoisotopic (exact) mass is 272 g/mol. The maximum absolute atomic E-state index is 11.8. The van der Waals surface area contributed by atoms with Crippen LogP contribution in [0.5, 0.6) is 0 Å². The third kappa shape index (κ3) is 2.29. The first-order valence-electron chi connectivity index (χ1n) is 4.62. The quantitative estimate of drug-likeness (QED) is 0.521. The topological polar surface area (TPSA) is 153 Å². The number of nitrogens with zero attached hydrogens (tertiary/aromatic N) is 2. The van der Waals surface area contributed by atoms with Gasteiger partial charge in [-0.05, 0) is 6.92 Å². The van der Waals surface area contributed by atoms with Gasteiger partial charge in [-0.2, -0.15) is 4.98 Å². The first-order valence-corrected chi connectivity index (χ1v) is 6.10. The van der Waals surface area contributed by atoms with Crippen LogP contribution in [0.4, 0.5) is 5.95 Å². The van der Waals surface area contributed by atoms with Crippen molar-refractivity contribution in [3.63, 3.8) is 0 Å². The molecule has 96 valence electrons. The van der Waals surface area contributed by atoms with Crippen molar-refractivity contribution in [1.29, 1.82) is 0 Å². The molecule has 0 aliphatic carbocycles. The lowest BCUT2D eigenvalue weighted by Gasteiger charge is -2.02. The number of aryl methyl sites for hydroxylation is 1. The highest BCUT2D eigenvalue weighted by Crippen LogP contribution is 2.06. The van der Waals surface area contributed by atoms with Crippen LogP contribution in [0.3, 0.4) is 0 Å². The summed E-state index contributed by atoms with van der Waals surface area (Å²) in [5.74, 6) is 0.209. The maximum atomic E-state index is 11.8. The van der Waals surface area contributed by atoms with Gasteiger partial charge in [-0.1, -0.05) is 0 Å². The van der Waals surface area contributed by atoms with E-state index in [1.54, 1.807) is 11.9 Å². The van der Waals surface area contributed by atoms with Crippen molar-refractivity contribution in [3.05, 3.63) is 32.9 Å². The fraction of sp³-hybridized carbons (Fsp3) is 0.143. The molecule has 0 saturated heterocycles. The Morgan fingerprint density at radius 1 is 1.33 bits per heavy atom. The van der Waals surface area contributed by atoms with Gasteiger partial charge in [0.15, 0.2) is 4.90 Å². The molecule has 0 atom stereocenters. The average molecular weight is 272 g/mol. The minimum Gasteiger partial charge on any atom is -0.313 e. The summed E-state index contributed by atoms with van der Waals surface area (Å²) in [6, 6.07) is 0. The van der Waals surface area contributed by atoms with E-state index in [2.05, 4.69) is 20.2 Å². The van der Waals surface area contributed by atoms with E-state index < -0.39 is 26.2 Å². The van der Waals surface area contributed by atoms with Crippen molar-refractivity contribution in [1.82, 2.24) is 25.1 Å². The van der Waals surface area contributed by atoms with E-state index in [1.165, 1.54) is 0 Å². The highest BCUT2D eigenvalue weighted by Gasteiger charge is 2.20. The summed E-state index contributed by atoms with van der Waals surface area (Å²) >= 11 is 0. The highest BCUT2D eigenvalue weighted by molar-refractivity contribution is 7.92. The van der Waals surface area contributed by atoms with E-state index in [-0.39, 0.29) is 5.95 Å². The van der Waals surface area contributed by atoms with Crippen molar-refractivity contribution < 1.29 is 8.42 Å². The molecule has 11 heteroatoms. The maximum Gasteiger partial charge on any atom is 0.325 e. The molecule has 0 bridgehead atoms. The van der Waals surface area contributed by atoms with Crippen LogP contribution in [0.15, 0.2) is 20.7 Å². The number of nitrogens with one attached hydrogen (secondary N) is 4. The molecule has 0 unspecified atom stereocenters. The number of rotatable bonds is 3. The SMILES string of the molecule is Cc1nc(NS(=O)(=O)c2c[nH]c(=O)[nH]c2=O)n[nH]1. The van der Waals surface area contributed by atoms with E-state index in [0.717, 1.165) is 6.20 Å². The molecule has 2 aromatic heterocycles. The molecule has 0 radical (unpaired) electrons. The molecule has 18 heavy (non-hydrogen) atoms. The standard InChI is InChI=1S/C7H8N6O4S/c1-3-9-6(12-11-3)13-18(16,17)4-2-8-7(15)10-5(4)14/h2H,1H3,(H2,8,10,14,15)(H2,9,11,12,13). The number of aromatic amines is 3. The number of hydrogen-bond acceptors (Lipinski definition) is 6. The summed E-state index contributed by atoms with van der Waals surface area (Å²) in [7, 11) is -4.16. The van der Waals surface area contributed by atoms with Gasteiger partial charge >= 0.3 is 5.69 Å². The minimum absolute atomic E-state index is 0.196. The van der Waals surface area contributed by atoms with Gasteiger partial charge in [0.2, 0.25) is 0 Å². The molecule has 2 heterocycles. The molecular weight excluding hydrogens is 264 g/mol. The van der Waals surface area contributed by atoms with Crippen molar-refractivity contribution in [2.24, 2.45) is 0 Å². The molecule has 2 aromatic rings. The molecule has 4 N–H and O–H groups in total. The minimum atomic E-state index is -4.16. The van der Waals surface area contributed by atoms with Gasteiger partial charge in [0.25, 0.3) is 21.5 Å². The van der Waals surface area contributed by atoms with Gasteiger partial charge in [-0.25, -0.2) is 17.9 Å². The lowest BCUT2D eigenvalue weighted by atomic mass is 10.7. The Morgan fingerprint density at radius 3 is 2.61 bits per heavy atom. The molecule has 0 amide bonds. The number of hydrogen-bond donors (Lipinski definition) is 4. The van der Waals surface area contributed by atoms with Crippen LogP contribution in [-0.2, 0) is 10.0 Å². The smallest absolute Gasteiger partial charge is 0.313 e. The Bertz CT molecular complexity index is 785. The molecule has 0 aliphatic heterocycles. The number of sulfonamides is 1. The van der Waals surface area contributed by atoms with Crippen molar-refractivity contribution in [2.75, 3.05) is 4.72 Å². The van der Waals surface area contributed by atoms with Gasteiger partial charge in [0, 0.05) is 6.20 Å². The highest BCUT2D eigenvalue weighted by atomic mass is 32.2. The van der Waals surface area contributed by atoms with Crippen LogP contribution in [0, 0.1) is 6.92 Å². The van der Waals surface area contributed by atoms with E-state index in [0.29, 0.717) is 5.82 Å². The van der Waals surface area contributed by atoms with E-state index in [1.807, 2.05) is 4.72 Å². The lowest BCUT2D eigenvalue weighted by molar-refractivity contribution is 0.598. The summed E-state index contributed by atoms with van der Waals surface area (Å²) < 4.78 is 25.6. The van der Waals surface area contributed by atoms with Gasteiger partial charge in [0.1, 0.15) is 5.82 Å². The van der Waals surface area contributed by atoms with Gasteiger partial charge < -0.3 is 4.98 Å². The predicted molar refractivity (Wildman–Crippen MR) is 59.6 cm³/mol. The summed E-state index contributed by atoms with van der Waals surface area (Å²) in [6.07, 6.45) is 0.795. The van der Waals surface area contributed by atoms with Crippen molar-refractivity contribution >= 4 is 16.0 Å². The third-order valence-corrected chi connectivity index (χ3v) is 3.23. The van der Waals surface area contributed by atoms with Crippen LogP contribution in [-0.4, -0.2) is 33.6 Å². The summed E-state index contributed by atoms with van der Waals surface area (Å²) in [5.41, 5.74) is -1.83. The van der Waals surface area contributed by atoms with Crippen LogP contribution in [0.2, 0.25) is 0 Å². The second-order valence-electron chi connectivity index (χ2n) is 3.29.